The van der Waals surface area contributed by atoms with Gasteiger partial charge in [0.1, 0.15) is 0 Å². The first-order valence-corrected chi connectivity index (χ1v) is 7.17. The fraction of sp³-hybridized carbons (Fsp3) is 0.500. The molecule has 0 aliphatic rings. The molecule has 0 aliphatic heterocycles. The van der Waals surface area contributed by atoms with E-state index in [0.717, 1.165) is 9.87 Å². The third-order valence-electron chi connectivity index (χ3n) is 2.48. The molecule has 0 heterocycles. The van der Waals surface area contributed by atoms with Gasteiger partial charge in [-0.1, -0.05) is 17.7 Å². The van der Waals surface area contributed by atoms with Crippen molar-refractivity contribution in [3.8, 4) is 0 Å². The summed E-state index contributed by atoms with van der Waals surface area (Å²) in [5.74, 6) is 0. The lowest BCUT2D eigenvalue weighted by molar-refractivity contribution is 0.152. The monoisotopic (exact) mass is 273 g/mol. The second-order valence-electron chi connectivity index (χ2n) is 4.25. The normalized spacial score (nSPS) is 13.8. The van der Waals surface area contributed by atoms with E-state index >= 15 is 0 Å². The molecule has 6 heteroatoms. The van der Waals surface area contributed by atoms with Crippen LogP contribution in [0.2, 0.25) is 0 Å². The Labute approximate surface area is 108 Å². The molecule has 0 saturated heterocycles. The molecule has 1 aromatic rings. The van der Waals surface area contributed by atoms with Crippen LogP contribution in [0.1, 0.15) is 12.5 Å². The summed E-state index contributed by atoms with van der Waals surface area (Å²) in [5, 5.41) is 18.2. The third kappa shape index (κ3) is 3.78. The number of benzene rings is 1. The van der Waals surface area contributed by atoms with Crippen molar-refractivity contribution in [2.24, 2.45) is 0 Å². The van der Waals surface area contributed by atoms with Gasteiger partial charge in [0, 0.05) is 13.1 Å². The molecule has 102 valence electrons. The predicted octanol–water partition coefficient (Wildman–Crippen LogP) is 0.359. The van der Waals surface area contributed by atoms with Crippen molar-refractivity contribution < 1.29 is 18.6 Å². The summed E-state index contributed by atoms with van der Waals surface area (Å²) in [7, 11) is -3.66. The SMILES string of the molecule is Cc1ccc(S(=O)(=O)N(CCO)C[C@@H](C)O)cc1. The number of aliphatic hydroxyl groups is 2. The van der Waals surface area contributed by atoms with Crippen molar-refractivity contribution >= 4 is 10.0 Å². The van der Waals surface area contributed by atoms with Crippen molar-refractivity contribution in [2.45, 2.75) is 24.8 Å². The van der Waals surface area contributed by atoms with E-state index < -0.39 is 16.1 Å². The Kier molecular flexibility index (Phi) is 5.28. The van der Waals surface area contributed by atoms with Gasteiger partial charge < -0.3 is 10.2 Å². The zero-order valence-corrected chi connectivity index (χ0v) is 11.4. The van der Waals surface area contributed by atoms with Crippen LogP contribution in [0.3, 0.4) is 0 Å². The lowest BCUT2D eigenvalue weighted by Gasteiger charge is -2.22. The second-order valence-corrected chi connectivity index (χ2v) is 6.19. The van der Waals surface area contributed by atoms with Gasteiger partial charge in [-0.05, 0) is 26.0 Å². The summed E-state index contributed by atoms with van der Waals surface area (Å²) in [5.41, 5.74) is 0.971. The molecule has 1 aromatic carbocycles. The number of nitrogens with zero attached hydrogens (tertiary/aromatic N) is 1. The number of aliphatic hydroxyl groups excluding tert-OH is 2. The Balaban J connectivity index is 3.04. The van der Waals surface area contributed by atoms with E-state index in [4.69, 9.17) is 5.11 Å². The number of aryl methyl sites for hydroxylation is 1. The molecule has 1 atom stereocenters. The molecular formula is C12H19NO4S. The second kappa shape index (κ2) is 6.29. The molecule has 2 N–H and O–H groups in total. The van der Waals surface area contributed by atoms with Crippen LogP contribution in [-0.4, -0.2) is 48.7 Å². The maximum Gasteiger partial charge on any atom is 0.243 e. The average Bonchev–Trinajstić information content (AvgIpc) is 2.28. The van der Waals surface area contributed by atoms with Crippen molar-refractivity contribution in [1.82, 2.24) is 4.31 Å². The minimum Gasteiger partial charge on any atom is -0.395 e. The standard InChI is InChI=1S/C12H19NO4S/c1-10-3-5-12(6-4-10)18(16,17)13(7-8-14)9-11(2)15/h3-6,11,14-15H,7-9H2,1-2H3/t11-/m1/s1. The maximum absolute atomic E-state index is 12.3. The first-order chi connectivity index (χ1) is 8.37. The molecule has 1 rings (SSSR count). The van der Waals surface area contributed by atoms with E-state index in [2.05, 4.69) is 0 Å². The minimum absolute atomic E-state index is 0.0267. The number of sulfonamides is 1. The number of hydrogen-bond donors (Lipinski definition) is 2. The van der Waals surface area contributed by atoms with Crippen LogP contribution in [0.4, 0.5) is 0 Å². The van der Waals surface area contributed by atoms with Crippen LogP contribution in [-0.2, 0) is 10.0 Å². The van der Waals surface area contributed by atoms with Crippen molar-refractivity contribution in [3.63, 3.8) is 0 Å². The van der Waals surface area contributed by atoms with E-state index in [1.807, 2.05) is 6.92 Å². The van der Waals surface area contributed by atoms with Gasteiger partial charge in [0.25, 0.3) is 0 Å². The fourth-order valence-electron chi connectivity index (χ4n) is 1.58. The van der Waals surface area contributed by atoms with E-state index in [0.29, 0.717) is 0 Å². The summed E-state index contributed by atoms with van der Waals surface area (Å²) in [6.45, 7) is 3.04. The van der Waals surface area contributed by atoms with E-state index in [-0.39, 0.29) is 24.6 Å². The highest BCUT2D eigenvalue weighted by Crippen LogP contribution is 2.16. The largest absolute Gasteiger partial charge is 0.395 e. The molecule has 0 aromatic heterocycles. The van der Waals surface area contributed by atoms with Crippen LogP contribution in [0, 0.1) is 6.92 Å². The summed E-state index contributed by atoms with van der Waals surface area (Å²) in [6, 6.07) is 6.48. The van der Waals surface area contributed by atoms with Gasteiger partial charge in [0.2, 0.25) is 10.0 Å². The van der Waals surface area contributed by atoms with E-state index in [9.17, 15) is 13.5 Å². The maximum atomic E-state index is 12.3. The van der Waals surface area contributed by atoms with Crippen LogP contribution in [0.5, 0.6) is 0 Å². The smallest absolute Gasteiger partial charge is 0.243 e. The first-order valence-electron chi connectivity index (χ1n) is 5.73. The summed E-state index contributed by atoms with van der Waals surface area (Å²) >= 11 is 0. The van der Waals surface area contributed by atoms with Crippen molar-refractivity contribution in [1.29, 1.82) is 0 Å². The van der Waals surface area contributed by atoms with Gasteiger partial charge in [0.05, 0.1) is 17.6 Å². The average molecular weight is 273 g/mol. The van der Waals surface area contributed by atoms with Crippen LogP contribution in [0.25, 0.3) is 0 Å². The summed E-state index contributed by atoms with van der Waals surface area (Å²) in [4.78, 5) is 0.169. The minimum atomic E-state index is -3.66. The summed E-state index contributed by atoms with van der Waals surface area (Å²) < 4.78 is 25.6. The Hall–Kier alpha value is -0.950. The lowest BCUT2D eigenvalue weighted by Crippen LogP contribution is -2.38. The first kappa shape index (κ1) is 15.1. The Bertz CT molecular complexity index is 467. The summed E-state index contributed by atoms with van der Waals surface area (Å²) in [6.07, 6.45) is -0.781. The molecule has 0 radical (unpaired) electrons. The zero-order chi connectivity index (χ0) is 13.8. The molecule has 0 saturated carbocycles. The molecule has 0 aliphatic carbocycles. The molecule has 5 nitrogen and oxygen atoms in total. The molecule has 0 fully saturated rings. The zero-order valence-electron chi connectivity index (χ0n) is 10.6. The quantitative estimate of drug-likeness (QED) is 0.784. The van der Waals surface area contributed by atoms with Gasteiger partial charge >= 0.3 is 0 Å². The fourth-order valence-corrected chi connectivity index (χ4v) is 3.09. The van der Waals surface area contributed by atoms with Crippen LogP contribution >= 0.6 is 0 Å². The third-order valence-corrected chi connectivity index (χ3v) is 4.36. The molecule has 0 amide bonds. The predicted molar refractivity (Wildman–Crippen MR) is 68.7 cm³/mol. The van der Waals surface area contributed by atoms with Gasteiger partial charge in [-0.2, -0.15) is 4.31 Å². The van der Waals surface area contributed by atoms with Crippen LogP contribution < -0.4 is 0 Å². The van der Waals surface area contributed by atoms with Gasteiger partial charge in [-0.25, -0.2) is 8.42 Å². The molecule has 0 spiro atoms. The Morgan fingerprint density at radius 1 is 1.28 bits per heavy atom. The van der Waals surface area contributed by atoms with Gasteiger partial charge in [-0.3, -0.25) is 0 Å². The highest BCUT2D eigenvalue weighted by Gasteiger charge is 2.24. The lowest BCUT2D eigenvalue weighted by atomic mass is 10.2. The Morgan fingerprint density at radius 2 is 1.83 bits per heavy atom. The van der Waals surface area contributed by atoms with Crippen molar-refractivity contribution in [3.05, 3.63) is 29.8 Å². The van der Waals surface area contributed by atoms with Gasteiger partial charge in [0.15, 0.2) is 0 Å². The topological polar surface area (TPSA) is 77.8 Å². The molecule has 0 bridgehead atoms. The highest BCUT2D eigenvalue weighted by molar-refractivity contribution is 7.89. The Morgan fingerprint density at radius 3 is 2.28 bits per heavy atom. The molecule has 18 heavy (non-hydrogen) atoms. The van der Waals surface area contributed by atoms with Crippen molar-refractivity contribution in [2.75, 3.05) is 19.7 Å². The van der Waals surface area contributed by atoms with E-state index in [1.54, 1.807) is 12.1 Å². The molecular weight excluding hydrogens is 254 g/mol. The van der Waals surface area contributed by atoms with Gasteiger partial charge in [-0.15, -0.1) is 0 Å². The highest BCUT2D eigenvalue weighted by atomic mass is 32.2. The number of hydrogen-bond acceptors (Lipinski definition) is 4. The van der Waals surface area contributed by atoms with Crippen LogP contribution in [0.15, 0.2) is 29.2 Å². The van der Waals surface area contributed by atoms with E-state index in [1.165, 1.54) is 19.1 Å². The number of rotatable bonds is 6. The molecule has 0 unspecified atom stereocenters.